The van der Waals surface area contributed by atoms with Crippen LogP contribution in [0.25, 0.3) is 0 Å². The van der Waals surface area contributed by atoms with Gasteiger partial charge in [0.05, 0.1) is 6.54 Å². The first-order valence-electron chi connectivity index (χ1n) is 4.98. The van der Waals surface area contributed by atoms with Crippen molar-refractivity contribution in [3.63, 3.8) is 0 Å². The Bertz CT molecular complexity index is 123. The maximum absolute atomic E-state index is 11.2. The molecule has 0 saturated carbocycles. The van der Waals surface area contributed by atoms with Gasteiger partial charge >= 0.3 is 0 Å². The number of Topliss-reactive ketones (excluding diaryl/α,β-unsaturated/α-hetero) is 1. The van der Waals surface area contributed by atoms with Crippen LogP contribution in [0.3, 0.4) is 0 Å². The number of ketones is 1. The molecule has 0 unspecified atom stereocenters. The van der Waals surface area contributed by atoms with Crippen molar-refractivity contribution in [2.45, 2.75) is 40.0 Å². The Morgan fingerprint density at radius 3 is 2.25 bits per heavy atom. The Morgan fingerprint density at radius 2 is 1.83 bits per heavy atom. The zero-order valence-corrected chi connectivity index (χ0v) is 8.60. The van der Waals surface area contributed by atoms with Crippen molar-refractivity contribution in [1.29, 1.82) is 0 Å². The molecule has 0 aliphatic heterocycles. The summed E-state index contributed by atoms with van der Waals surface area (Å²) in [5, 5.41) is 0. The normalized spacial score (nSPS) is 10.7. The van der Waals surface area contributed by atoms with Gasteiger partial charge in [-0.2, -0.15) is 0 Å². The smallest absolute Gasteiger partial charge is 0.146 e. The second-order valence-corrected chi connectivity index (χ2v) is 3.16. The summed E-state index contributed by atoms with van der Waals surface area (Å²) in [6, 6.07) is 0. The number of rotatable bonds is 7. The molecule has 0 aliphatic carbocycles. The number of carbonyl (C=O) groups excluding carboxylic acids is 1. The van der Waals surface area contributed by atoms with Crippen LogP contribution >= 0.6 is 0 Å². The third kappa shape index (κ3) is 5.30. The fourth-order valence-corrected chi connectivity index (χ4v) is 1.27. The molecule has 0 radical (unpaired) electrons. The van der Waals surface area contributed by atoms with Crippen LogP contribution in [0.1, 0.15) is 40.0 Å². The van der Waals surface area contributed by atoms with E-state index >= 15 is 0 Å². The molecule has 0 aromatic carbocycles. The minimum absolute atomic E-state index is 0.382. The average molecular weight is 171 g/mol. The van der Waals surface area contributed by atoms with Gasteiger partial charge in [-0.15, -0.1) is 0 Å². The van der Waals surface area contributed by atoms with Gasteiger partial charge in [-0.05, 0) is 25.9 Å². The summed E-state index contributed by atoms with van der Waals surface area (Å²) in [5.41, 5.74) is 0. The summed E-state index contributed by atoms with van der Waals surface area (Å²) in [6.07, 6.45) is 2.84. The van der Waals surface area contributed by atoms with Gasteiger partial charge in [-0.1, -0.05) is 20.8 Å². The molecule has 0 heterocycles. The van der Waals surface area contributed by atoms with Crippen LogP contribution in [0.2, 0.25) is 0 Å². The van der Waals surface area contributed by atoms with Crippen molar-refractivity contribution in [1.82, 2.24) is 4.90 Å². The third-order valence-electron chi connectivity index (χ3n) is 1.92. The highest BCUT2D eigenvalue weighted by molar-refractivity contribution is 5.80. The molecule has 0 bridgehead atoms. The Balaban J connectivity index is 3.61. The molecular weight excluding hydrogens is 150 g/mol. The van der Waals surface area contributed by atoms with Crippen LogP contribution in [0, 0.1) is 0 Å². The molecule has 2 nitrogen and oxygen atoms in total. The fourth-order valence-electron chi connectivity index (χ4n) is 1.27. The number of hydrogen-bond donors (Lipinski definition) is 0. The van der Waals surface area contributed by atoms with Crippen LogP contribution in [0.15, 0.2) is 0 Å². The summed E-state index contributed by atoms with van der Waals surface area (Å²) < 4.78 is 0. The van der Waals surface area contributed by atoms with E-state index in [4.69, 9.17) is 0 Å². The minimum Gasteiger partial charge on any atom is -0.298 e. The second kappa shape index (κ2) is 7.29. The maximum Gasteiger partial charge on any atom is 0.146 e. The predicted molar refractivity (Wildman–Crippen MR) is 52.3 cm³/mol. The Kier molecular flexibility index (Phi) is 7.06. The molecule has 0 rings (SSSR count). The van der Waals surface area contributed by atoms with Gasteiger partial charge in [0.1, 0.15) is 5.78 Å². The van der Waals surface area contributed by atoms with Gasteiger partial charge in [0.15, 0.2) is 0 Å². The Labute approximate surface area is 75.9 Å². The average Bonchev–Trinajstić information content (AvgIpc) is 2.04. The monoisotopic (exact) mass is 171 g/mol. The molecule has 0 amide bonds. The highest BCUT2D eigenvalue weighted by Crippen LogP contribution is 1.95. The van der Waals surface area contributed by atoms with Crippen molar-refractivity contribution >= 4 is 5.78 Å². The molecule has 0 aromatic rings. The van der Waals surface area contributed by atoms with Crippen molar-refractivity contribution in [3.05, 3.63) is 0 Å². The van der Waals surface area contributed by atoms with Gasteiger partial charge in [0.2, 0.25) is 0 Å². The lowest BCUT2D eigenvalue weighted by Gasteiger charge is -2.17. The first kappa shape index (κ1) is 11.6. The van der Waals surface area contributed by atoms with Crippen molar-refractivity contribution in [3.8, 4) is 0 Å². The van der Waals surface area contributed by atoms with E-state index in [0.717, 1.165) is 32.4 Å². The zero-order valence-electron chi connectivity index (χ0n) is 8.60. The largest absolute Gasteiger partial charge is 0.298 e. The van der Waals surface area contributed by atoms with E-state index in [1.54, 1.807) is 0 Å². The third-order valence-corrected chi connectivity index (χ3v) is 1.92. The van der Waals surface area contributed by atoms with Crippen LogP contribution < -0.4 is 0 Å². The molecule has 2 heteroatoms. The SMILES string of the molecule is CCCC(=O)CN(CC)CCC. The van der Waals surface area contributed by atoms with E-state index in [9.17, 15) is 4.79 Å². The fraction of sp³-hybridized carbons (Fsp3) is 0.900. The Hall–Kier alpha value is -0.370. The van der Waals surface area contributed by atoms with E-state index in [0.29, 0.717) is 12.3 Å². The van der Waals surface area contributed by atoms with Gasteiger partial charge in [0, 0.05) is 6.42 Å². The lowest BCUT2D eigenvalue weighted by Crippen LogP contribution is -2.30. The standard InChI is InChI=1S/C10H21NO/c1-4-7-10(12)9-11(6-3)8-5-2/h4-9H2,1-3H3. The van der Waals surface area contributed by atoms with Gasteiger partial charge in [-0.3, -0.25) is 9.69 Å². The van der Waals surface area contributed by atoms with E-state index < -0.39 is 0 Å². The van der Waals surface area contributed by atoms with E-state index in [1.807, 2.05) is 6.92 Å². The zero-order chi connectivity index (χ0) is 9.40. The summed E-state index contributed by atoms with van der Waals surface area (Å²) in [7, 11) is 0. The minimum atomic E-state index is 0.382. The molecule has 0 atom stereocenters. The first-order chi connectivity index (χ1) is 5.74. The summed E-state index contributed by atoms with van der Waals surface area (Å²) in [5.74, 6) is 0.382. The lowest BCUT2D eigenvalue weighted by atomic mass is 10.2. The molecular formula is C10H21NO. The molecule has 72 valence electrons. The molecule has 0 spiro atoms. The number of nitrogens with zero attached hydrogens (tertiary/aromatic N) is 1. The number of likely N-dealkylation sites (N-methyl/N-ethyl adjacent to an activating group) is 1. The van der Waals surface area contributed by atoms with Gasteiger partial charge in [-0.25, -0.2) is 0 Å². The molecule has 0 aromatic heterocycles. The lowest BCUT2D eigenvalue weighted by molar-refractivity contribution is -0.120. The van der Waals surface area contributed by atoms with Crippen LogP contribution in [-0.4, -0.2) is 30.3 Å². The molecule has 0 aliphatic rings. The molecule has 0 fully saturated rings. The maximum atomic E-state index is 11.2. The van der Waals surface area contributed by atoms with Gasteiger partial charge in [0.25, 0.3) is 0 Å². The van der Waals surface area contributed by atoms with E-state index in [2.05, 4.69) is 18.7 Å². The Morgan fingerprint density at radius 1 is 1.17 bits per heavy atom. The highest BCUT2D eigenvalue weighted by Gasteiger charge is 2.06. The van der Waals surface area contributed by atoms with E-state index in [1.165, 1.54) is 0 Å². The van der Waals surface area contributed by atoms with Crippen LogP contribution in [-0.2, 0) is 4.79 Å². The summed E-state index contributed by atoms with van der Waals surface area (Å²) >= 11 is 0. The van der Waals surface area contributed by atoms with Crippen LogP contribution in [0.4, 0.5) is 0 Å². The molecule has 0 N–H and O–H groups in total. The second-order valence-electron chi connectivity index (χ2n) is 3.16. The summed E-state index contributed by atoms with van der Waals surface area (Å²) in [4.78, 5) is 13.5. The van der Waals surface area contributed by atoms with Crippen LogP contribution in [0.5, 0.6) is 0 Å². The molecule has 12 heavy (non-hydrogen) atoms. The predicted octanol–water partition coefficient (Wildman–Crippen LogP) is 2.09. The van der Waals surface area contributed by atoms with Crippen molar-refractivity contribution in [2.75, 3.05) is 19.6 Å². The molecule has 0 saturated heterocycles. The quantitative estimate of drug-likeness (QED) is 0.584. The number of carbonyl (C=O) groups is 1. The van der Waals surface area contributed by atoms with Crippen molar-refractivity contribution < 1.29 is 4.79 Å². The first-order valence-corrected chi connectivity index (χ1v) is 4.98. The van der Waals surface area contributed by atoms with E-state index in [-0.39, 0.29) is 0 Å². The number of hydrogen-bond acceptors (Lipinski definition) is 2. The van der Waals surface area contributed by atoms with Gasteiger partial charge < -0.3 is 0 Å². The highest BCUT2D eigenvalue weighted by atomic mass is 16.1. The van der Waals surface area contributed by atoms with Crippen molar-refractivity contribution in [2.24, 2.45) is 0 Å². The summed E-state index contributed by atoms with van der Waals surface area (Å²) in [6.45, 7) is 8.99. The topological polar surface area (TPSA) is 20.3 Å².